The molecular formula is C56H43N. The van der Waals surface area contributed by atoms with Crippen LogP contribution < -0.4 is 4.90 Å². The summed E-state index contributed by atoms with van der Waals surface area (Å²) in [5, 5.41) is 2.40. The Morgan fingerprint density at radius 2 is 0.772 bits per heavy atom. The second kappa shape index (κ2) is 15.9. The second-order valence-corrected chi connectivity index (χ2v) is 14.7. The number of nitrogens with zero attached hydrogens (tertiary/aromatic N) is 1. The van der Waals surface area contributed by atoms with Crippen LogP contribution in [0.25, 0.3) is 67.4 Å². The van der Waals surface area contributed by atoms with Gasteiger partial charge in [-0.1, -0.05) is 187 Å². The van der Waals surface area contributed by atoms with Crippen molar-refractivity contribution in [3.63, 3.8) is 0 Å². The molecule has 0 spiro atoms. The van der Waals surface area contributed by atoms with Crippen LogP contribution in [0.4, 0.5) is 17.1 Å². The molecule has 1 nitrogen and oxygen atoms in total. The fourth-order valence-electron chi connectivity index (χ4n) is 7.91. The van der Waals surface area contributed by atoms with E-state index in [2.05, 4.69) is 243 Å². The Morgan fingerprint density at radius 3 is 1.32 bits per heavy atom. The molecule has 0 saturated heterocycles. The Balaban J connectivity index is 1.19. The van der Waals surface area contributed by atoms with Crippen LogP contribution in [0.3, 0.4) is 0 Å². The number of aryl methyl sites for hydroxylation is 2. The second-order valence-electron chi connectivity index (χ2n) is 14.7. The average molecular weight is 730 g/mol. The molecule has 0 bridgehead atoms. The van der Waals surface area contributed by atoms with E-state index in [0.29, 0.717) is 0 Å². The van der Waals surface area contributed by atoms with Gasteiger partial charge in [0.2, 0.25) is 0 Å². The van der Waals surface area contributed by atoms with E-state index in [1.165, 1.54) is 72.0 Å². The largest absolute Gasteiger partial charge is 0.310 e. The van der Waals surface area contributed by atoms with Gasteiger partial charge in [0.15, 0.2) is 0 Å². The summed E-state index contributed by atoms with van der Waals surface area (Å²) in [5.41, 5.74) is 17.9. The number of anilines is 3. The molecular weight excluding hydrogens is 687 g/mol. The van der Waals surface area contributed by atoms with Crippen LogP contribution >= 0.6 is 0 Å². The highest BCUT2D eigenvalue weighted by Gasteiger charge is 2.22. The van der Waals surface area contributed by atoms with Gasteiger partial charge in [0.05, 0.1) is 0 Å². The van der Waals surface area contributed by atoms with E-state index < -0.39 is 0 Å². The molecule has 0 amide bonds. The van der Waals surface area contributed by atoms with E-state index in [1.807, 2.05) is 0 Å². The molecule has 9 aromatic carbocycles. The van der Waals surface area contributed by atoms with Crippen LogP contribution in [0.15, 0.2) is 212 Å². The SMILES string of the molecule is Cc1ccc(N(c2ccc(C)cc2)c2ccc3cc(C=Cc4cc(-c5ccccc5)c(-c5ccccc5)c(-c5ccccc5)c4-c4ccccc4)ccc3c2)cc1. The summed E-state index contributed by atoms with van der Waals surface area (Å²) in [6.07, 6.45) is 4.58. The summed E-state index contributed by atoms with van der Waals surface area (Å²) in [4.78, 5) is 2.34. The summed E-state index contributed by atoms with van der Waals surface area (Å²) in [7, 11) is 0. The Kier molecular flexibility index (Phi) is 9.88. The normalized spacial score (nSPS) is 11.3. The van der Waals surface area contributed by atoms with Gasteiger partial charge in [0, 0.05) is 17.1 Å². The Morgan fingerprint density at radius 1 is 0.333 bits per heavy atom. The van der Waals surface area contributed by atoms with Gasteiger partial charge in [-0.25, -0.2) is 0 Å². The predicted molar refractivity (Wildman–Crippen MR) is 245 cm³/mol. The van der Waals surface area contributed by atoms with Crippen molar-refractivity contribution in [2.45, 2.75) is 13.8 Å². The molecule has 0 aliphatic carbocycles. The molecule has 0 heterocycles. The topological polar surface area (TPSA) is 3.24 Å². The number of benzene rings is 9. The lowest BCUT2D eigenvalue weighted by Crippen LogP contribution is -2.09. The van der Waals surface area contributed by atoms with Gasteiger partial charge >= 0.3 is 0 Å². The number of fused-ring (bicyclic) bond motifs is 1. The van der Waals surface area contributed by atoms with E-state index in [1.54, 1.807) is 0 Å². The van der Waals surface area contributed by atoms with E-state index in [0.717, 1.165) is 22.6 Å². The Bertz CT molecular complexity index is 2760. The highest BCUT2D eigenvalue weighted by molar-refractivity contribution is 6.05. The lowest BCUT2D eigenvalue weighted by Gasteiger charge is -2.26. The first-order valence-corrected chi connectivity index (χ1v) is 19.7. The maximum absolute atomic E-state index is 2.39. The molecule has 272 valence electrons. The molecule has 1 heteroatoms. The number of rotatable bonds is 9. The van der Waals surface area contributed by atoms with Crippen molar-refractivity contribution < 1.29 is 0 Å². The zero-order valence-corrected chi connectivity index (χ0v) is 32.3. The van der Waals surface area contributed by atoms with Crippen LogP contribution in [0.1, 0.15) is 22.3 Å². The fourth-order valence-corrected chi connectivity index (χ4v) is 7.91. The van der Waals surface area contributed by atoms with Gasteiger partial charge in [-0.2, -0.15) is 0 Å². The number of hydrogen-bond acceptors (Lipinski definition) is 1. The first-order valence-electron chi connectivity index (χ1n) is 19.7. The van der Waals surface area contributed by atoms with Gasteiger partial charge in [-0.05, 0) is 129 Å². The van der Waals surface area contributed by atoms with Gasteiger partial charge in [0.1, 0.15) is 0 Å². The summed E-state index contributed by atoms with van der Waals surface area (Å²) >= 11 is 0. The van der Waals surface area contributed by atoms with Crippen LogP contribution in [0.5, 0.6) is 0 Å². The van der Waals surface area contributed by atoms with Crippen molar-refractivity contribution in [1.82, 2.24) is 0 Å². The zero-order valence-electron chi connectivity index (χ0n) is 32.3. The van der Waals surface area contributed by atoms with Gasteiger partial charge in [0.25, 0.3) is 0 Å². The summed E-state index contributed by atoms with van der Waals surface area (Å²) in [6, 6.07) is 76.9. The van der Waals surface area contributed by atoms with Crippen molar-refractivity contribution >= 4 is 40.0 Å². The highest BCUT2D eigenvalue weighted by Crippen LogP contribution is 2.48. The Labute approximate surface area is 336 Å². The van der Waals surface area contributed by atoms with Crippen molar-refractivity contribution in [1.29, 1.82) is 0 Å². The third kappa shape index (κ3) is 7.44. The Hall–Kier alpha value is -7.22. The van der Waals surface area contributed by atoms with Crippen molar-refractivity contribution in [3.8, 4) is 44.5 Å². The third-order valence-electron chi connectivity index (χ3n) is 10.8. The minimum atomic E-state index is 1.13. The molecule has 0 aromatic heterocycles. The maximum atomic E-state index is 2.39. The molecule has 0 aliphatic heterocycles. The number of hydrogen-bond donors (Lipinski definition) is 0. The fraction of sp³-hybridized carbons (Fsp3) is 0.0357. The summed E-state index contributed by atoms with van der Waals surface area (Å²) < 4.78 is 0. The van der Waals surface area contributed by atoms with E-state index in [9.17, 15) is 0 Å². The monoisotopic (exact) mass is 729 g/mol. The van der Waals surface area contributed by atoms with Gasteiger partial charge in [-0.15, -0.1) is 0 Å². The summed E-state index contributed by atoms with van der Waals surface area (Å²) in [5.74, 6) is 0. The lowest BCUT2D eigenvalue weighted by atomic mass is 9.80. The summed E-state index contributed by atoms with van der Waals surface area (Å²) in [6.45, 7) is 4.27. The van der Waals surface area contributed by atoms with Crippen molar-refractivity contribution in [2.75, 3.05) is 4.90 Å². The maximum Gasteiger partial charge on any atom is 0.0468 e. The molecule has 57 heavy (non-hydrogen) atoms. The molecule has 0 unspecified atom stereocenters. The smallest absolute Gasteiger partial charge is 0.0468 e. The van der Waals surface area contributed by atoms with E-state index >= 15 is 0 Å². The molecule has 0 atom stereocenters. The highest BCUT2D eigenvalue weighted by atomic mass is 15.1. The van der Waals surface area contributed by atoms with Gasteiger partial charge in [-0.3, -0.25) is 0 Å². The quantitative estimate of drug-likeness (QED) is 0.134. The molecule has 0 N–H and O–H groups in total. The minimum absolute atomic E-state index is 1.13. The van der Waals surface area contributed by atoms with E-state index in [4.69, 9.17) is 0 Å². The first kappa shape index (κ1) is 35.5. The van der Waals surface area contributed by atoms with E-state index in [-0.39, 0.29) is 0 Å². The molecule has 0 saturated carbocycles. The van der Waals surface area contributed by atoms with Crippen LogP contribution in [0.2, 0.25) is 0 Å². The van der Waals surface area contributed by atoms with Crippen LogP contribution in [-0.2, 0) is 0 Å². The molecule has 0 fully saturated rings. The average Bonchev–Trinajstić information content (AvgIpc) is 3.27. The standard InChI is InChI=1S/C56H43N/c1-40-23-32-50(33-24-40)57(51-34-25-41(2)26-35-51)52-36-31-47-37-42(27-29-48(47)38-52)28-30-49-39-53(43-15-7-3-8-16-43)55(45-19-11-5-12-20-45)56(46-21-13-6-14-22-46)54(49)44-17-9-4-10-18-44/h3-39H,1-2H3. The van der Waals surface area contributed by atoms with Crippen LogP contribution in [-0.4, -0.2) is 0 Å². The molecule has 9 rings (SSSR count). The van der Waals surface area contributed by atoms with Crippen molar-refractivity contribution in [3.05, 3.63) is 235 Å². The molecule has 9 aromatic rings. The molecule has 0 aliphatic rings. The molecule has 0 radical (unpaired) electrons. The predicted octanol–water partition coefficient (Wildman–Crippen LogP) is 15.8. The van der Waals surface area contributed by atoms with Gasteiger partial charge < -0.3 is 4.90 Å². The van der Waals surface area contributed by atoms with Crippen LogP contribution in [0, 0.1) is 13.8 Å². The minimum Gasteiger partial charge on any atom is -0.310 e. The van der Waals surface area contributed by atoms with Crippen molar-refractivity contribution in [2.24, 2.45) is 0 Å². The lowest BCUT2D eigenvalue weighted by molar-refractivity contribution is 1.27. The first-order chi connectivity index (χ1) is 28.1. The third-order valence-corrected chi connectivity index (χ3v) is 10.8. The zero-order chi connectivity index (χ0) is 38.6.